The molecule has 19 heavy (non-hydrogen) atoms. The maximum absolute atomic E-state index is 8.84. The molecular formula is C13H13N3O2S. The highest BCUT2D eigenvalue weighted by Crippen LogP contribution is 2.33. The van der Waals surface area contributed by atoms with Crippen LogP contribution in [0.15, 0.2) is 18.2 Å². The molecule has 0 saturated heterocycles. The van der Waals surface area contributed by atoms with Crippen molar-refractivity contribution in [1.82, 2.24) is 9.36 Å². The molecule has 1 heterocycles. The largest absolute Gasteiger partial charge is 0.493 e. The van der Waals surface area contributed by atoms with Gasteiger partial charge in [0.25, 0.3) is 5.19 Å². The molecule has 0 bridgehead atoms. The second-order valence-corrected chi connectivity index (χ2v) is 4.87. The Labute approximate surface area is 115 Å². The van der Waals surface area contributed by atoms with E-state index in [9.17, 15) is 0 Å². The molecule has 0 atom stereocenters. The number of nitrogens with zero attached hydrogens (tertiary/aromatic N) is 3. The number of aromatic nitrogens is 2. The Balaban J connectivity index is 2.25. The molecule has 6 heteroatoms. The Morgan fingerprint density at radius 2 is 2.11 bits per heavy atom. The van der Waals surface area contributed by atoms with Crippen molar-refractivity contribution in [3.8, 4) is 22.8 Å². The molecule has 0 amide bonds. The van der Waals surface area contributed by atoms with E-state index in [0.717, 1.165) is 5.82 Å². The highest BCUT2D eigenvalue weighted by molar-refractivity contribution is 7.07. The molecule has 0 aliphatic heterocycles. The van der Waals surface area contributed by atoms with Crippen molar-refractivity contribution in [2.75, 3.05) is 7.11 Å². The summed E-state index contributed by atoms with van der Waals surface area (Å²) in [6, 6.07) is 7.03. The average molecular weight is 275 g/mol. The van der Waals surface area contributed by atoms with Crippen molar-refractivity contribution in [3.05, 3.63) is 29.6 Å². The van der Waals surface area contributed by atoms with Gasteiger partial charge in [0, 0.05) is 23.5 Å². The minimum atomic E-state index is 0.261. The molecule has 0 saturated carbocycles. The van der Waals surface area contributed by atoms with Crippen molar-refractivity contribution in [1.29, 1.82) is 5.26 Å². The van der Waals surface area contributed by atoms with Crippen LogP contribution in [-0.2, 0) is 0 Å². The van der Waals surface area contributed by atoms with E-state index in [0.29, 0.717) is 22.3 Å². The van der Waals surface area contributed by atoms with Crippen LogP contribution in [0.25, 0.3) is 0 Å². The number of hydrogen-bond acceptors (Lipinski definition) is 6. The molecule has 0 aliphatic rings. The Hall–Kier alpha value is -2.13. The molecule has 98 valence electrons. The highest BCUT2D eigenvalue weighted by Gasteiger charge is 2.12. The van der Waals surface area contributed by atoms with E-state index in [1.165, 1.54) is 18.6 Å². The van der Waals surface area contributed by atoms with Crippen LogP contribution in [0.2, 0.25) is 0 Å². The third-order valence-electron chi connectivity index (χ3n) is 2.43. The normalized spacial score (nSPS) is 10.3. The standard InChI is InChI=1S/C13H13N3O2S/c1-8(2)12-15-13(19-16-12)18-10-5-4-9(7-14)6-11(10)17-3/h4-6,8H,1-3H3. The third-order valence-corrected chi connectivity index (χ3v) is 3.04. The molecule has 1 aromatic carbocycles. The van der Waals surface area contributed by atoms with Crippen LogP contribution in [0.3, 0.4) is 0 Å². The number of rotatable bonds is 4. The van der Waals surface area contributed by atoms with Gasteiger partial charge in [0.1, 0.15) is 5.82 Å². The summed E-state index contributed by atoms with van der Waals surface area (Å²) < 4.78 is 15.0. The van der Waals surface area contributed by atoms with Gasteiger partial charge in [0.2, 0.25) is 0 Å². The lowest BCUT2D eigenvalue weighted by atomic mass is 10.2. The molecule has 0 spiro atoms. The Morgan fingerprint density at radius 1 is 1.32 bits per heavy atom. The first-order valence-corrected chi connectivity index (χ1v) is 6.51. The van der Waals surface area contributed by atoms with Gasteiger partial charge in [-0.3, -0.25) is 0 Å². The summed E-state index contributed by atoms with van der Waals surface area (Å²) in [7, 11) is 1.53. The first-order valence-electron chi connectivity index (χ1n) is 5.73. The van der Waals surface area contributed by atoms with Gasteiger partial charge in [-0.25, -0.2) is 0 Å². The fourth-order valence-electron chi connectivity index (χ4n) is 1.41. The van der Waals surface area contributed by atoms with Gasteiger partial charge in [-0.05, 0) is 12.1 Å². The van der Waals surface area contributed by atoms with E-state index in [2.05, 4.69) is 15.4 Å². The second-order valence-electron chi connectivity index (χ2n) is 4.15. The summed E-state index contributed by atoms with van der Waals surface area (Å²) in [4.78, 5) is 4.29. The molecule has 0 radical (unpaired) electrons. The SMILES string of the molecule is COc1cc(C#N)ccc1Oc1nc(C(C)C)ns1. The summed E-state index contributed by atoms with van der Waals surface area (Å²) in [6.45, 7) is 4.04. The lowest BCUT2D eigenvalue weighted by Crippen LogP contribution is -1.92. The zero-order valence-corrected chi connectivity index (χ0v) is 11.7. The molecule has 0 aliphatic carbocycles. The molecule has 2 rings (SSSR count). The fourth-order valence-corrected chi connectivity index (χ4v) is 2.10. The fraction of sp³-hybridized carbons (Fsp3) is 0.308. The van der Waals surface area contributed by atoms with Gasteiger partial charge in [-0.15, -0.1) is 0 Å². The van der Waals surface area contributed by atoms with E-state index >= 15 is 0 Å². The second kappa shape index (κ2) is 5.67. The van der Waals surface area contributed by atoms with Gasteiger partial charge in [-0.2, -0.15) is 14.6 Å². The van der Waals surface area contributed by atoms with Crippen LogP contribution in [0.4, 0.5) is 0 Å². The summed E-state index contributed by atoms with van der Waals surface area (Å²) in [5, 5.41) is 9.30. The van der Waals surface area contributed by atoms with Crippen molar-refractivity contribution < 1.29 is 9.47 Å². The van der Waals surface area contributed by atoms with E-state index in [1.54, 1.807) is 18.2 Å². The smallest absolute Gasteiger partial charge is 0.298 e. The number of ether oxygens (including phenoxy) is 2. The van der Waals surface area contributed by atoms with Gasteiger partial charge >= 0.3 is 0 Å². The summed E-state index contributed by atoms with van der Waals surface area (Å²) in [6.07, 6.45) is 0. The van der Waals surface area contributed by atoms with Gasteiger partial charge in [0.05, 0.1) is 18.7 Å². The Kier molecular flexibility index (Phi) is 3.97. The van der Waals surface area contributed by atoms with E-state index < -0.39 is 0 Å². The van der Waals surface area contributed by atoms with E-state index in [-0.39, 0.29) is 5.92 Å². The molecular weight excluding hydrogens is 262 g/mol. The van der Waals surface area contributed by atoms with Crippen molar-refractivity contribution in [2.45, 2.75) is 19.8 Å². The Morgan fingerprint density at radius 3 is 2.68 bits per heavy atom. The predicted molar refractivity (Wildman–Crippen MR) is 71.8 cm³/mol. The van der Waals surface area contributed by atoms with Crippen LogP contribution < -0.4 is 9.47 Å². The maximum Gasteiger partial charge on any atom is 0.298 e. The zero-order chi connectivity index (χ0) is 13.8. The lowest BCUT2D eigenvalue weighted by Gasteiger charge is -2.07. The zero-order valence-electron chi connectivity index (χ0n) is 10.9. The van der Waals surface area contributed by atoms with E-state index in [1.807, 2.05) is 13.8 Å². The monoisotopic (exact) mass is 275 g/mol. The topological polar surface area (TPSA) is 68.0 Å². The molecule has 2 aromatic rings. The van der Waals surface area contributed by atoms with Crippen LogP contribution in [-0.4, -0.2) is 16.5 Å². The van der Waals surface area contributed by atoms with Crippen LogP contribution >= 0.6 is 11.5 Å². The van der Waals surface area contributed by atoms with Crippen LogP contribution in [0.5, 0.6) is 16.7 Å². The van der Waals surface area contributed by atoms with Gasteiger partial charge < -0.3 is 9.47 Å². The first-order chi connectivity index (χ1) is 9.13. The lowest BCUT2D eigenvalue weighted by molar-refractivity contribution is 0.377. The highest BCUT2D eigenvalue weighted by atomic mass is 32.1. The van der Waals surface area contributed by atoms with E-state index in [4.69, 9.17) is 14.7 Å². The summed E-state index contributed by atoms with van der Waals surface area (Å²) >= 11 is 1.20. The van der Waals surface area contributed by atoms with Crippen molar-refractivity contribution in [2.24, 2.45) is 0 Å². The molecule has 0 fully saturated rings. The third kappa shape index (κ3) is 3.01. The van der Waals surface area contributed by atoms with Gasteiger partial charge in [0.15, 0.2) is 11.5 Å². The molecule has 0 unspecified atom stereocenters. The molecule has 0 N–H and O–H groups in total. The Bertz CT molecular complexity index is 617. The van der Waals surface area contributed by atoms with Crippen molar-refractivity contribution in [3.63, 3.8) is 0 Å². The minimum absolute atomic E-state index is 0.261. The number of benzene rings is 1. The average Bonchev–Trinajstić information content (AvgIpc) is 2.88. The number of hydrogen-bond donors (Lipinski definition) is 0. The van der Waals surface area contributed by atoms with Crippen LogP contribution in [0, 0.1) is 11.3 Å². The molecule has 1 aromatic heterocycles. The number of methoxy groups -OCH3 is 1. The number of nitriles is 1. The minimum Gasteiger partial charge on any atom is -0.493 e. The first kappa shape index (κ1) is 13.3. The predicted octanol–water partition coefficient (Wildman–Crippen LogP) is 3.33. The summed E-state index contributed by atoms with van der Waals surface area (Å²) in [5.74, 6) is 2.04. The van der Waals surface area contributed by atoms with Crippen LogP contribution in [0.1, 0.15) is 31.2 Å². The summed E-state index contributed by atoms with van der Waals surface area (Å²) in [5.41, 5.74) is 0.518. The maximum atomic E-state index is 8.84. The van der Waals surface area contributed by atoms with Crippen molar-refractivity contribution >= 4 is 11.5 Å². The quantitative estimate of drug-likeness (QED) is 0.856. The molecule has 5 nitrogen and oxygen atoms in total. The van der Waals surface area contributed by atoms with Gasteiger partial charge in [-0.1, -0.05) is 13.8 Å².